The average Bonchev–Trinajstić information content (AvgIpc) is 3.09. The second-order valence-corrected chi connectivity index (χ2v) is 15.0. The van der Waals surface area contributed by atoms with E-state index in [0.29, 0.717) is 30.8 Å². The van der Waals surface area contributed by atoms with Crippen molar-refractivity contribution in [3.05, 3.63) is 33.9 Å². The summed E-state index contributed by atoms with van der Waals surface area (Å²) >= 11 is 0. The molecule has 2 heterocycles. The van der Waals surface area contributed by atoms with Gasteiger partial charge >= 0.3 is 11.9 Å². The SMILES string of the molecule is COc1c(C)c2c(c(O[Si](C)(C)C(C)(C)C)c1C/C=C(\C)C1CCOC(=O)C1)C(=O)OC2. The van der Waals surface area contributed by atoms with Gasteiger partial charge in [-0.25, -0.2) is 4.79 Å². The van der Waals surface area contributed by atoms with Gasteiger partial charge in [0.15, 0.2) is 0 Å². The van der Waals surface area contributed by atoms with Crippen LogP contribution in [-0.4, -0.2) is 34.0 Å². The molecule has 0 radical (unpaired) electrons. The Bertz CT molecular complexity index is 954. The number of methoxy groups -OCH3 is 1. The van der Waals surface area contributed by atoms with Gasteiger partial charge in [0.25, 0.3) is 8.32 Å². The van der Waals surface area contributed by atoms with Gasteiger partial charge in [-0.1, -0.05) is 32.4 Å². The van der Waals surface area contributed by atoms with Gasteiger partial charge in [0.1, 0.15) is 23.7 Å². The lowest BCUT2D eigenvalue weighted by Gasteiger charge is -2.37. The number of carbonyl (C=O) groups excluding carboxylic acids is 2. The van der Waals surface area contributed by atoms with Crippen molar-refractivity contribution in [2.45, 2.75) is 78.6 Å². The number of ether oxygens (including phenoxy) is 3. The Labute approximate surface area is 192 Å². The monoisotopic (exact) mass is 460 g/mol. The third-order valence-electron chi connectivity index (χ3n) is 7.20. The van der Waals surface area contributed by atoms with Crippen LogP contribution in [0.3, 0.4) is 0 Å². The maximum absolute atomic E-state index is 12.8. The van der Waals surface area contributed by atoms with E-state index in [2.05, 4.69) is 46.9 Å². The van der Waals surface area contributed by atoms with Crippen LogP contribution in [0.25, 0.3) is 0 Å². The summed E-state index contributed by atoms with van der Waals surface area (Å²) in [5.74, 6) is 1.03. The summed E-state index contributed by atoms with van der Waals surface area (Å²) in [6.45, 7) is 15.6. The van der Waals surface area contributed by atoms with Crippen molar-refractivity contribution in [2.24, 2.45) is 5.92 Å². The first-order chi connectivity index (χ1) is 14.9. The number of esters is 2. The number of hydrogen-bond donors (Lipinski definition) is 0. The van der Waals surface area contributed by atoms with Crippen molar-refractivity contribution in [3.8, 4) is 11.5 Å². The minimum atomic E-state index is -2.25. The first-order valence-electron chi connectivity index (χ1n) is 11.3. The Morgan fingerprint density at radius 2 is 1.88 bits per heavy atom. The van der Waals surface area contributed by atoms with E-state index in [4.69, 9.17) is 18.6 Å². The summed E-state index contributed by atoms with van der Waals surface area (Å²) in [7, 11) is -0.593. The molecule has 0 aliphatic carbocycles. The molecule has 1 fully saturated rings. The molecule has 3 rings (SSSR count). The maximum atomic E-state index is 12.8. The lowest BCUT2D eigenvalue weighted by Crippen LogP contribution is -2.44. The van der Waals surface area contributed by atoms with Crippen LogP contribution < -0.4 is 9.16 Å². The standard InChI is InChI=1S/C25H36O6Si/c1-15(17-11-12-29-20(26)13-17)9-10-18-22(28-6)16(2)19-14-30-24(27)21(19)23(18)31-32(7,8)25(3,4)5/h9,17H,10-14H2,1-8H3/b15-9+. The van der Waals surface area contributed by atoms with E-state index in [1.54, 1.807) is 7.11 Å². The molecular weight excluding hydrogens is 424 g/mol. The van der Waals surface area contributed by atoms with Crippen LogP contribution in [0.1, 0.15) is 67.6 Å². The van der Waals surface area contributed by atoms with Gasteiger partial charge in [0.2, 0.25) is 0 Å². The Balaban J connectivity index is 2.10. The predicted octanol–water partition coefficient (Wildman–Crippen LogP) is 5.50. The summed E-state index contributed by atoms with van der Waals surface area (Å²) in [4.78, 5) is 24.5. The summed E-state index contributed by atoms with van der Waals surface area (Å²) in [5, 5.41) is -0.0357. The van der Waals surface area contributed by atoms with Crippen molar-refractivity contribution in [1.29, 1.82) is 0 Å². The van der Waals surface area contributed by atoms with Crippen molar-refractivity contribution in [3.63, 3.8) is 0 Å². The zero-order valence-electron chi connectivity index (χ0n) is 20.6. The highest BCUT2D eigenvalue weighted by atomic mass is 28.4. The predicted molar refractivity (Wildman–Crippen MR) is 126 cm³/mol. The van der Waals surface area contributed by atoms with Crippen LogP contribution in [0, 0.1) is 12.8 Å². The van der Waals surface area contributed by atoms with E-state index in [1.807, 2.05) is 6.92 Å². The van der Waals surface area contributed by atoms with E-state index in [9.17, 15) is 9.59 Å². The van der Waals surface area contributed by atoms with E-state index < -0.39 is 8.32 Å². The number of carbonyl (C=O) groups is 2. The fourth-order valence-electron chi connectivity index (χ4n) is 4.03. The molecule has 1 saturated heterocycles. The number of benzene rings is 1. The molecule has 0 saturated carbocycles. The molecule has 1 atom stereocenters. The van der Waals surface area contributed by atoms with Gasteiger partial charge < -0.3 is 18.6 Å². The minimum Gasteiger partial charge on any atom is -0.543 e. The van der Waals surface area contributed by atoms with Crippen LogP contribution in [0.2, 0.25) is 18.1 Å². The van der Waals surface area contributed by atoms with Crippen molar-refractivity contribution < 1.29 is 28.2 Å². The Hall–Kier alpha value is -2.28. The molecule has 2 aliphatic heterocycles. The summed E-state index contributed by atoms with van der Waals surface area (Å²) in [6.07, 6.45) is 3.91. The van der Waals surface area contributed by atoms with Gasteiger partial charge in [-0.05, 0) is 56.3 Å². The molecule has 1 unspecified atom stereocenters. The fraction of sp³-hybridized carbons (Fsp3) is 0.600. The van der Waals surface area contributed by atoms with Crippen LogP contribution in [0.5, 0.6) is 11.5 Å². The van der Waals surface area contributed by atoms with E-state index >= 15 is 0 Å². The summed E-state index contributed by atoms with van der Waals surface area (Å²) < 4.78 is 23.1. The van der Waals surface area contributed by atoms with Crippen LogP contribution in [-0.2, 0) is 27.3 Å². The lowest BCUT2D eigenvalue weighted by atomic mass is 9.90. The normalized spacial score (nSPS) is 19.4. The molecule has 1 aromatic carbocycles. The second-order valence-electron chi connectivity index (χ2n) is 10.3. The third-order valence-corrected chi connectivity index (χ3v) is 11.5. The van der Waals surface area contributed by atoms with Crippen LogP contribution in [0.4, 0.5) is 0 Å². The van der Waals surface area contributed by atoms with E-state index in [0.717, 1.165) is 34.4 Å². The van der Waals surface area contributed by atoms with Gasteiger partial charge in [0.05, 0.1) is 20.1 Å². The topological polar surface area (TPSA) is 71.1 Å². The quantitative estimate of drug-likeness (QED) is 0.317. The number of hydrogen-bond acceptors (Lipinski definition) is 6. The lowest BCUT2D eigenvalue weighted by molar-refractivity contribution is -0.148. The molecule has 2 aliphatic rings. The molecule has 0 spiro atoms. The van der Waals surface area contributed by atoms with Crippen molar-refractivity contribution >= 4 is 20.3 Å². The largest absolute Gasteiger partial charge is 0.543 e. The van der Waals surface area contributed by atoms with Gasteiger partial charge in [-0.2, -0.15) is 0 Å². The Morgan fingerprint density at radius 3 is 2.47 bits per heavy atom. The molecule has 176 valence electrons. The van der Waals surface area contributed by atoms with E-state index in [1.165, 1.54) is 0 Å². The molecule has 32 heavy (non-hydrogen) atoms. The summed E-state index contributed by atoms with van der Waals surface area (Å²) in [6, 6.07) is 0. The third kappa shape index (κ3) is 4.58. The highest BCUT2D eigenvalue weighted by Gasteiger charge is 2.42. The molecule has 0 aromatic heterocycles. The molecule has 7 heteroatoms. The molecule has 0 amide bonds. The molecule has 1 aromatic rings. The Morgan fingerprint density at radius 1 is 1.19 bits per heavy atom. The van der Waals surface area contributed by atoms with Crippen LogP contribution >= 0.6 is 0 Å². The van der Waals surface area contributed by atoms with Crippen molar-refractivity contribution in [1.82, 2.24) is 0 Å². The smallest absolute Gasteiger partial charge is 0.342 e. The number of cyclic esters (lactones) is 2. The van der Waals surface area contributed by atoms with Crippen LogP contribution in [0.15, 0.2) is 11.6 Å². The molecule has 6 nitrogen and oxygen atoms in total. The number of rotatable bonds is 6. The number of fused-ring (bicyclic) bond motifs is 1. The fourth-order valence-corrected chi connectivity index (χ4v) is 5.07. The minimum absolute atomic E-state index is 0.0357. The number of allylic oxidation sites excluding steroid dienone is 2. The highest BCUT2D eigenvalue weighted by Crippen LogP contribution is 2.46. The van der Waals surface area contributed by atoms with Crippen molar-refractivity contribution in [2.75, 3.05) is 13.7 Å². The zero-order valence-corrected chi connectivity index (χ0v) is 21.6. The molecule has 0 N–H and O–H groups in total. The molecular formula is C25H36O6Si. The second kappa shape index (κ2) is 8.93. The zero-order chi connectivity index (χ0) is 23.8. The van der Waals surface area contributed by atoms with Gasteiger partial charge in [0, 0.05) is 11.1 Å². The maximum Gasteiger partial charge on any atom is 0.342 e. The Kier molecular flexibility index (Phi) is 6.79. The van der Waals surface area contributed by atoms with Gasteiger partial charge in [-0.3, -0.25) is 4.79 Å². The average molecular weight is 461 g/mol. The first-order valence-corrected chi connectivity index (χ1v) is 14.2. The highest BCUT2D eigenvalue weighted by molar-refractivity contribution is 6.74. The van der Waals surface area contributed by atoms with E-state index in [-0.39, 0.29) is 29.5 Å². The van der Waals surface area contributed by atoms with Gasteiger partial charge in [-0.15, -0.1) is 0 Å². The first kappa shape index (κ1) is 24.4. The molecule has 0 bridgehead atoms. The summed E-state index contributed by atoms with van der Waals surface area (Å²) in [5.41, 5.74) is 4.31.